The van der Waals surface area contributed by atoms with Crippen LogP contribution in [0.1, 0.15) is 15.9 Å². The average Bonchev–Trinajstić information content (AvgIpc) is 2.90. The van der Waals surface area contributed by atoms with Crippen molar-refractivity contribution in [1.29, 1.82) is 0 Å². The van der Waals surface area contributed by atoms with E-state index in [-0.39, 0.29) is 18.0 Å². The van der Waals surface area contributed by atoms with Crippen molar-refractivity contribution in [2.24, 2.45) is 0 Å². The van der Waals surface area contributed by atoms with Crippen molar-refractivity contribution in [3.05, 3.63) is 102 Å². The maximum atomic E-state index is 12.7. The number of rotatable bonds is 7. The number of hydrogen-bond acceptors (Lipinski definition) is 5. The molecule has 2 amide bonds. The number of hydrogen-bond donors (Lipinski definition) is 4. The predicted molar refractivity (Wildman–Crippen MR) is 145 cm³/mol. The van der Waals surface area contributed by atoms with Gasteiger partial charge in [-0.05, 0) is 52.7 Å². The Hall–Kier alpha value is -4.36. The Labute approximate surface area is 210 Å². The molecule has 1 unspecified atom stereocenters. The molecule has 7 heteroatoms. The van der Waals surface area contributed by atoms with Crippen LogP contribution in [-0.4, -0.2) is 42.5 Å². The minimum atomic E-state index is -0.220. The van der Waals surface area contributed by atoms with Gasteiger partial charge in [-0.1, -0.05) is 54.6 Å². The fourth-order valence-electron chi connectivity index (χ4n) is 4.48. The van der Waals surface area contributed by atoms with Gasteiger partial charge < -0.3 is 26.6 Å². The minimum absolute atomic E-state index is 0.0657. The van der Waals surface area contributed by atoms with Crippen molar-refractivity contribution >= 4 is 39.6 Å². The largest absolute Gasteiger partial charge is 0.397 e. The molecular weight excluding hydrogens is 450 g/mol. The topological polar surface area (TPSA) is 99.5 Å². The molecule has 4 aromatic carbocycles. The highest BCUT2D eigenvalue weighted by molar-refractivity contribution is 6.05. The second kappa shape index (κ2) is 10.5. The Morgan fingerprint density at radius 2 is 1.69 bits per heavy atom. The highest BCUT2D eigenvalue weighted by Gasteiger charge is 2.26. The molecule has 182 valence electrons. The summed E-state index contributed by atoms with van der Waals surface area (Å²) in [6.45, 7) is 1.71. The van der Waals surface area contributed by atoms with E-state index in [0.717, 1.165) is 23.2 Å². The molecule has 4 aromatic rings. The molecule has 5 N–H and O–H groups in total. The van der Waals surface area contributed by atoms with E-state index >= 15 is 0 Å². The molecule has 0 radical (unpaired) electrons. The lowest BCUT2D eigenvalue weighted by molar-refractivity contribution is -0.133. The number of benzene rings is 4. The van der Waals surface area contributed by atoms with E-state index in [0.29, 0.717) is 36.4 Å². The number of anilines is 3. The third-order valence-corrected chi connectivity index (χ3v) is 6.44. The number of carbonyl (C=O) groups is 2. The molecule has 5 rings (SSSR count). The standard InChI is InChI=1S/C29H29N5O2/c30-25-7-3-4-8-26(25)33-29(36)22-11-9-20(10-12-22)17-27(34-16-15-31-19-28(34)35)32-24-14-13-21-5-1-2-6-23(21)18-24/h1-14,18,27,31-32H,15-17,19,30H2,(H,33,36). The summed E-state index contributed by atoms with van der Waals surface area (Å²) in [6, 6.07) is 29.1. The van der Waals surface area contributed by atoms with Crippen LogP contribution in [0.15, 0.2) is 91.0 Å². The Balaban J connectivity index is 1.34. The first-order valence-electron chi connectivity index (χ1n) is 12.1. The summed E-state index contributed by atoms with van der Waals surface area (Å²) in [5.41, 5.74) is 9.57. The summed E-state index contributed by atoms with van der Waals surface area (Å²) in [7, 11) is 0. The van der Waals surface area contributed by atoms with E-state index in [9.17, 15) is 9.59 Å². The highest BCUT2D eigenvalue weighted by atomic mass is 16.2. The number of carbonyl (C=O) groups excluding carboxylic acids is 2. The number of nitrogens with one attached hydrogen (secondary N) is 3. The quantitative estimate of drug-likeness (QED) is 0.299. The van der Waals surface area contributed by atoms with Gasteiger partial charge in [-0.25, -0.2) is 0 Å². The monoisotopic (exact) mass is 479 g/mol. The van der Waals surface area contributed by atoms with Crippen molar-refractivity contribution in [3.8, 4) is 0 Å². The summed E-state index contributed by atoms with van der Waals surface area (Å²) >= 11 is 0. The molecule has 0 aromatic heterocycles. The third-order valence-electron chi connectivity index (χ3n) is 6.44. The number of amides is 2. The zero-order chi connectivity index (χ0) is 24.9. The van der Waals surface area contributed by atoms with Crippen molar-refractivity contribution in [1.82, 2.24) is 10.2 Å². The highest BCUT2D eigenvalue weighted by Crippen LogP contribution is 2.22. The Kier molecular flexibility index (Phi) is 6.82. The van der Waals surface area contributed by atoms with Gasteiger partial charge in [0, 0.05) is 30.8 Å². The van der Waals surface area contributed by atoms with Gasteiger partial charge in [-0.15, -0.1) is 0 Å². The molecule has 0 aliphatic carbocycles. The van der Waals surface area contributed by atoms with Crippen LogP contribution in [0.3, 0.4) is 0 Å². The average molecular weight is 480 g/mol. The predicted octanol–water partition coefficient (Wildman–Crippen LogP) is 4.09. The molecule has 1 saturated heterocycles. The summed E-state index contributed by atoms with van der Waals surface area (Å²) in [6.07, 6.45) is 0.385. The van der Waals surface area contributed by atoms with E-state index < -0.39 is 0 Å². The van der Waals surface area contributed by atoms with Gasteiger partial charge in [0.25, 0.3) is 5.91 Å². The van der Waals surface area contributed by atoms with E-state index in [1.54, 1.807) is 24.3 Å². The zero-order valence-electron chi connectivity index (χ0n) is 19.9. The van der Waals surface area contributed by atoms with Crippen molar-refractivity contribution < 1.29 is 9.59 Å². The van der Waals surface area contributed by atoms with Gasteiger partial charge in [-0.2, -0.15) is 0 Å². The second-order valence-corrected chi connectivity index (χ2v) is 8.93. The number of nitrogens with two attached hydrogens (primary N) is 1. The first kappa shape index (κ1) is 23.4. The molecule has 0 saturated carbocycles. The molecule has 1 atom stereocenters. The van der Waals surface area contributed by atoms with Gasteiger partial charge >= 0.3 is 0 Å². The summed E-state index contributed by atoms with van der Waals surface area (Å²) in [4.78, 5) is 27.3. The molecule has 36 heavy (non-hydrogen) atoms. The SMILES string of the molecule is Nc1ccccc1NC(=O)c1ccc(CC(Nc2ccc3ccccc3c2)N2CCNCC2=O)cc1. The van der Waals surface area contributed by atoms with Crippen LogP contribution >= 0.6 is 0 Å². The van der Waals surface area contributed by atoms with Crippen molar-refractivity contribution in [2.45, 2.75) is 12.6 Å². The Bertz CT molecular complexity index is 1390. The second-order valence-electron chi connectivity index (χ2n) is 8.93. The van der Waals surface area contributed by atoms with Gasteiger partial charge in [0.2, 0.25) is 5.91 Å². The molecule has 0 spiro atoms. The van der Waals surface area contributed by atoms with Crippen LogP contribution in [0, 0.1) is 0 Å². The first-order valence-corrected chi connectivity index (χ1v) is 12.1. The van der Waals surface area contributed by atoms with Crippen LogP contribution in [0.5, 0.6) is 0 Å². The van der Waals surface area contributed by atoms with Crippen LogP contribution in [-0.2, 0) is 11.2 Å². The normalized spacial score (nSPS) is 14.4. The number of nitrogen functional groups attached to an aromatic ring is 1. The number of nitrogens with zero attached hydrogens (tertiary/aromatic N) is 1. The van der Waals surface area contributed by atoms with E-state index in [2.05, 4.69) is 40.2 Å². The number of para-hydroxylation sites is 2. The summed E-state index contributed by atoms with van der Waals surface area (Å²) < 4.78 is 0. The van der Waals surface area contributed by atoms with Gasteiger partial charge in [-0.3, -0.25) is 9.59 Å². The minimum Gasteiger partial charge on any atom is -0.397 e. The van der Waals surface area contributed by atoms with E-state index in [4.69, 9.17) is 5.73 Å². The fourth-order valence-corrected chi connectivity index (χ4v) is 4.48. The molecule has 1 aliphatic heterocycles. The molecule has 7 nitrogen and oxygen atoms in total. The van der Waals surface area contributed by atoms with E-state index in [1.165, 1.54) is 5.39 Å². The summed E-state index contributed by atoms with van der Waals surface area (Å²) in [5, 5.41) is 11.9. The van der Waals surface area contributed by atoms with Crippen LogP contribution in [0.2, 0.25) is 0 Å². The summed E-state index contributed by atoms with van der Waals surface area (Å²) in [5.74, 6) is -0.154. The molecular formula is C29H29N5O2. The molecule has 0 bridgehead atoms. The van der Waals surface area contributed by atoms with Crippen molar-refractivity contribution in [3.63, 3.8) is 0 Å². The Morgan fingerprint density at radius 3 is 2.47 bits per heavy atom. The lowest BCUT2D eigenvalue weighted by Crippen LogP contribution is -2.55. The fraction of sp³-hybridized carbons (Fsp3) is 0.172. The van der Waals surface area contributed by atoms with E-state index in [1.807, 2.05) is 47.4 Å². The molecule has 1 fully saturated rings. The Morgan fingerprint density at radius 1 is 0.944 bits per heavy atom. The maximum Gasteiger partial charge on any atom is 0.255 e. The van der Waals surface area contributed by atoms with Gasteiger partial charge in [0.1, 0.15) is 6.17 Å². The third kappa shape index (κ3) is 5.31. The number of fused-ring (bicyclic) bond motifs is 1. The maximum absolute atomic E-state index is 12.7. The van der Waals surface area contributed by atoms with Crippen molar-refractivity contribution in [2.75, 3.05) is 36.0 Å². The number of piperazine rings is 1. The lowest BCUT2D eigenvalue weighted by atomic mass is 10.0. The van der Waals surface area contributed by atoms with Crippen LogP contribution < -0.4 is 21.7 Å². The lowest BCUT2D eigenvalue weighted by Gasteiger charge is -2.36. The van der Waals surface area contributed by atoms with Gasteiger partial charge in [0.05, 0.1) is 17.9 Å². The molecule has 1 aliphatic rings. The first-order chi connectivity index (χ1) is 17.6. The molecule has 1 heterocycles. The van der Waals surface area contributed by atoms with Crippen LogP contribution in [0.4, 0.5) is 17.1 Å². The zero-order valence-corrected chi connectivity index (χ0v) is 19.9. The van der Waals surface area contributed by atoms with Crippen LogP contribution in [0.25, 0.3) is 10.8 Å². The van der Waals surface area contributed by atoms with Gasteiger partial charge in [0.15, 0.2) is 0 Å². The smallest absolute Gasteiger partial charge is 0.255 e.